The Labute approximate surface area is 184 Å². The van der Waals surface area contributed by atoms with Crippen LogP contribution in [0.5, 0.6) is 5.75 Å². The zero-order chi connectivity index (χ0) is 22.4. The number of nitrogens with one attached hydrogen (secondary N) is 1. The molecule has 0 saturated carbocycles. The van der Waals surface area contributed by atoms with Gasteiger partial charge in [0.05, 0.1) is 19.8 Å². The lowest BCUT2D eigenvalue weighted by Gasteiger charge is -2.18. The van der Waals surface area contributed by atoms with Crippen LogP contribution in [-0.4, -0.2) is 48.7 Å². The molecule has 3 rings (SSSR count). The molecule has 1 amide bonds. The van der Waals surface area contributed by atoms with Crippen molar-refractivity contribution in [2.24, 2.45) is 0 Å². The van der Waals surface area contributed by atoms with E-state index in [4.69, 9.17) is 9.47 Å². The van der Waals surface area contributed by atoms with E-state index in [0.717, 1.165) is 0 Å². The summed E-state index contributed by atoms with van der Waals surface area (Å²) in [5.41, 5.74) is 0.644. The molecule has 31 heavy (non-hydrogen) atoms. The summed E-state index contributed by atoms with van der Waals surface area (Å²) in [5.74, 6) is 0.391. The highest BCUT2D eigenvalue weighted by atomic mass is 32.2. The second-order valence-corrected chi connectivity index (χ2v) is 7.78. The van der Waals surface area contributed by atoms with E-state index in [1.807, 2.05) is 6.26 Å². The number of carbonyl (C=O) groups excluding carboxylic acids is 2. The SMILES string of the molecule is COC(=O)[C@H](CCSC)NC(=O)c1cn(-c2ccc(OC)cc2)c(=O)c2ccccc12. The molecule has 7 nitrogen and oxygen atoms in total. The number of fused-ring (bicyclic) bond motifs is 1. The Morgan fingerprint density at radius 3 is 2.35 bits per heavy atom. The highest BCUT2D eigenvalue weighted by Crippen LogP contribution is 2.20. The van der Waals surface area contributed by atoms with Gasteiger partial charge in [0.2, 0.25) is 0 Å². The molecule has 1 aromatic heterocycles. The summed E-state index contributed by atoms with van der Waals surface area (Å²) >= 11 is 1.57. The zero-order valence-corrected chi connectivity index (χ0v) is 18.4. The van der Waals surface area contributed by atoms with Gasteiger partial charge in [-0.05, 0) is 48.8 Å². The monoisotopic (exact) mass is 440 g/mol. The van der Waals surface area contributed by atoms with Gasteiger partial charge >= 0.3 is 5.97 Å². The molecule has 0 saturated heterocycles. The zero-order valence-electron chi connectivity index (χ0n) is 17.6. The van der Waals surface area contributed by atoms with Crippen molar-refractivity contribution in [3.05, 3.63) is 70.6 Å². The Morgan fingerprint density at radius 2 is 1.74 bits per heavy atom. The van der Waals surface area contributed by atoms with Crippen LogP contribution in [0.2, 0.25) is 0 Å². The van der Waals surface area contributed by atoms with Gasteiger partial charge < -0.3 is 14.8 Å². The Kier molecular flexibility index (Phi) is 7.36. The highest BCUT2D eigenvalue weighted by molar-refractivity contribution is 7.98. The number of ether oxygens (including phenoxy) is 2. The lowest BCUT2D eigenvalue weighted by molar-refractivity contribution is -0.142. The fourth-order valence-electron chi connectivity index (χ4n) is 3.27. The maximum absolute atomic E-state index is 13.2. The van der Waals surface area contributed by atoms with Crippen molar-refractivity contribution in [1.82, 2.24) is 9.88 Å². The number of amides is 1. The third-order valence-electron chi connectivity index (χ3n) is 4.92. The largest absolute Gasteiger partial charge is 0.497 e. The quantitative estimate of drug-likeness (QED) is 0.542. The molecule has 0 unspecified atom stereocenters. The first-order valence-corrected chi connectivity index (χ1v) is 11.1. The normalized spacial score (nSPS) is 11.7. The molecule has 1 N–H and O–H groups in total. The number of benzene rings is 2. The maximum Gasteiger partial charge on any atom is 0.328 e. The molecule has 8 heteroatoms. The molecule has 1 atom stereocenters. The number of rotatable bonds is 8. The highest BCUT2D eigenvalue weighted by Gasteiger charge is 2.23. The van der Waals surface area contributed by atoms with E-state index in [2.05, 4.69) is 5.32 Å². The van der Waals surface area contributed by atoms with E-state index in [-0.39, 0.29) is 5.56 Å². The van der Waals surface area contributed by atoms with Gasteiger partial charge in [0.15, 0.2) is 0 Å². The minimum Gasteiger partial charge on any atom is -0.497 e. The van der Waals surface area contributed by atoms with E-state index in [1.165, 1.54) is 17.9 Å². The number of hydrogen-bond acceptors (Lipinski definition) is 6. The Bertz CT molecular complexity index is 1140. The summed E-state index contributed by atoms with van der Waals surface area (Å²) < 4.78 is 11.4. The Balaban J connectivity index is 2.08. The molecule has 0 spiro atoms. The first kappa shape index (κ1) is 22.4. The lowest BCUT2D eigenvalue weighted by Crippen LogP contribution is -2.42. The predicted octanol–water partition coefficient (Wildman–Crippen LogP) is 3.02. The Morgan fingerprint density at radius 1 is 1.06 bits per heavy atom. The smallest absolute Gasteiger partial charge is 0.328 e. The van der Waals surface area contributed by atoms with Crippen LogP contribution >= 0.6 is 11.8 Å². The predicted molar refractivity (Wildman–Crippen MR) is 122 cm³/mol. The van der Waals surface area contributed by atoms with Gasteiger partial charge in [-0.15, -0.1) is 0 Å². The fraction of sp³-hybridized carbons (Fsp3) is 0.261. The van der Waals surface area contributed by atoms with Crippen LogP contribution in [0.1, 0.15) is 16.8 Å². The van der Waals surface area contributed by atoms with E-state index in [9.17, 15) is 14.4 Å². The molecule has 3 aromatic rings. The molecule has 2 aromatic carbocycles. The van der Waals surface area contributed by atoms with Crippen LogP contribution in [0.25, 0.3) is 16.5 Å². The summed E-state index contributed by atoms with van der Waals surface area (Å²) in [5, 5.41) is 3.69. The van der Waals surface area contributed by atoms with Crippen molar-refractivity contribution in [2.75, 3.05) is 26.2 Å². The lowest BCUT2D eigenvalue weighted by atomic mass is 10.1. The molecule has 1 heterocycles. The van der Waals surface area contributed by atoms with Crippen LogP contribution < -0.4 is 15.6 Å². The summed E-state index contributed by atoms with van der Waals surface area (Å²) in [7, 11) is 2.86. The number of nitrogens with zero attached hydrogens (tertiary/aromatic N) is 1. The summed E-state index contributed by atoms with van der Waals surface area (Å²) in [6, 6.07) is 13.1. The first-order valence-electron chi connectivity index (χ1n) is 9.66. The molecule has 0 aliphatic carbocycles. The molecule has 0 fully saturated rings. The van der Waals surface area contributed by atoms with Gasteiger partial charge in [-0.2, -0.15) is 11.8 Å². The van der Waals surface area contributed by atoms with Crippen LogP contribution in [-0.2, 0) is 9.53 Å². The molecular weight excluding hydrogens is 416 g/mol. The van der Waals surface area contributed by atoms with Gasteiger partial charge in [0.25, 0.3) is 11.5 Å². The maximum atomic E-state index is 13.2. The third kappa shape index (κ3) is 4.91. The standard InChI is InChI=1S/C23H24N2O5S/c1-29-16-10-8-15(9-11-16)25-14-19(17-6-4-5-7-18(17)22(25)27)21(26)24-20(12-13-31-3)23(28)30-2/h4-11,14,20H,12-13H2,1-3H3,(H,24,26)/t20-/m0/s1. The van der Waals surface area contributed by atoms with Gasteiger partial charge in [0.1, 0.15) is 11.8 Å². The number of hydrogen-bond donors (Lipinski definition) is 1. The number of thioether (sulfide) groups is 1. The number of pyridine rings is 1. The number of carbonyl (C=O) groups is 2. The average molecular weight is 441 g/mol. The second-order valence-electron chi connectivity index (χ2n) is 6.79. The fourth-order valence-corrected chi connectivity index (χ4v) is 3.74. The minimum absolute atomic E-state index is 0.246. The van der Waals surface area contributed by atoms with Gasteiger partial charge in [0, 0.05) is 22.7 Å². The topological polar surface area (TPSA) is 86.6 Å². The second kappa shape index (κ2) is 10.2. The van der Waals surface area contributed by atoms with Crippen molar-refractivity contribution in [3.63, 3.8) is 0 Å². The van der Waals surface area contributed by atoms with Gasteiger partial charge in [-0.1, -0.05) is 18.2 Å². The van der Waals surface area contributed by atoms with Crippen LogP contribution in [0, 0.1) is 0 Å². The summed E-state index contributed by atoms with van der Waals surface area (Å²) in [6.45, 7) is 0. The van der Waals surface area contributed by atoms with E-state index >= 15 is 0 Å². The molecule has 0 aliphatic heterocycles. The van der Waals surface area contributed by atoms with E-state index in [0.29, 0.717) is 39.9 Å². The van der Waals surface area contributed by atoms with Crippen LogP contribution in [0.4, 0.5) is 0 Å². The van der Waals surface area contributed by atoms with E-state index in [1.54, 1.807) is 67.4 Å². The molecule has 0 aliphatic rings. The minimum atomic E-state index is -0.773. The molecule has 0 bridgehead atoms. The average Bonchev–Trinajstić information content (AvgIpc) is 2.81. The van der Waals surface area contributed by atoms with Gasteiger partial charge in [-0.25, -0.2) is 4.79 Å². The Hall–Kier alpha value is -3.26. The number of aromatic nitrogens is 1. The third-order valence-corrected chi connectivity index (χ3v) is 5.57. The van der Waals surface area contributed by atoms with Crippen LogP contribution in [0.3, 0.4) is 0 Å². The molecule has 162 valence electrons. The summed E-state index contributed by atoms with van der Waals surface area (Å²) in [6.07, 6.45) is 3.87. The molecular formula is C23H24N2O5S. The van der Waals surface area contributed by atoms with Crippen molar-refractivity contribution < 1.29 is 19.1 Å². The van der Waals surface area contributed by atoms with Crippen molar-refractivity contribution in [3.8, 4) is 11.4 Å². The van der Waals surface area contributed by atoms with Gasteiger partial charge in [-0.3, -0.25) is 14.2 Å². The summed E-state index contributed by atoms with van der Waals surface area (Å²) in [4.78, 5) is 38.4. The van der Waals surface area contributed by atoms with Crippen molar-refractivity contribution in [1.29, 1.82) is 0 Å². The van der Waals surface area contributed by atoms with Crippen molar-refractivity contribution in [2.45, 2.75) is 12.5 Å². The number of esters is 1. The van der Waals surface area contributed by atoms with E-state index < -0.39 is 17.9 Å². The first-order chi connectivity index (χ1) is 15.0. The number of methoxy groups -OCH3 is 2. The van der Waals surface area contributed by atoms with Crippen molar-refractivity contribution >= 4 is 34.4 Å². The molecule has 0 radical (unpaired) electrons. The van der Waals surface area contributed by atoms with Crippen LogP contribution in [0.15, 0.2) is 59.5 Å².